The molecule has 0 unspecified atom stereocenters. The molecule has 0 fully saturated rings. The molecule has 0 atom stereocenters. The Labute approximate surface area is 164 Å². The number of halogens is 2. The maximum absolute atomic E-state index is 14.1. The molecule has 0 saturated heterocycles. The summed E-state index contributed by atoms with van der Waals surface area (Å²) < 4.78 is 32.2. The van der Waals surface area contributed by atoms with E-state index in [2.05, 4.69) is 4.98 Å². The number of benzene rings is 1. The van der Waals surface area contributed by atoms with Crippen molar-refractivity contribution in [1.29, 1.82) is 5.26 Å². The van der Waals surface area contributed by atoms with E-state index < -0.39 is 23.5 Å². The fourth-order valence-corrected chi connectivity index (χ4v) is 3.02. The minimum atomic E-state index is -0.917. The first-order chi connectivity index (χ1) is 13.4. The molecule has 0 spiro atoms. The predicted molar refractivity (Wildman–Crippen MR) is 101 cm³/mol. The van der Waals surface area contributed by atoms with Crippen LogP contribution < -0.4 is 4.90 Å². The van der Waals surface area contributed by atoms with E-state index in [9.17, 15) is 18.4 Å². The second-order valence-corrected chi connectivity index (χ2v) is 6.50. The largest absolute Gasteiger partial charge is 0.462 e. The number of hydrogen-bond acceptors (Lipinski definition) is 6. The molecule has 1 aromatic carbocycles. The molecule has 2 rings (SSSR count). The topological polar surface area (TPSA) is 83.3 Å². The van der Waals surface area contributed by atoms with Gasteiger partial charge in [0.15, 0.2) is 5.13 Å². The van der Waals surface area contributed by atoms with Crippen molar-refractivity contribution in [3.05, 3.63) is 46.5 Å². The molecule has 0 aliphatic heterocycles. The third-order valence-electron chi connectivity index (χ3n) is 3.53. The Balaban J connectivity index is 2.30. The summed E-state index contributed by atoms with van der Waals surface area (Å²) in [6, 6.07) is 4.59. The van der Waals surface area contributed by atoms with Crippen LogP contribution in [-0.2, 0) is 14.3 Å². The second-order valence-electron chi connectivity index (χ2n) is 5.66. The van der Waals surface area contributed by atoms with Crippen molar-refractivity contribution in [1.82, 2.24) is 4.98 Å². The number of thiazole rings is 1. The van der Waals surface area contributed by atoms with Crippen LogP contribution in [0, 0.1) is 23.0 Å². The Morgan fingerprint density at radius 1 is 1.39 bits per heavy atom. The van der Waals surface area contributed by atoms with E-state index >= 15 is 0 Å². The molecule has 1 amide bonds. The molecule has 0 bridgehead atoms. The zero-order chi connectivity index (χ0) is 20.7. The number of nitrogens with zero attached hydrogens (tertiary/aromatic N) is 3. The quantitative estimate of drug-likeness (QED) is 0.296. The number of amides is 1. The van der Waals surface area contributed by atoms with Crippen molar-refractivity contribution < 1.29 is 23.1 Å². The summed E-state index contributed by atoms with van der Waals surface area (Å²) in [5, 5.41) is 10.8. The van der Waals surface area contributed by atoms with Gasteiger partial charge in [-0.25, -0.2) is 18.6 Å². The zero-order valence-electron chi connectivity index (χ0n) is 15.2. The zero-order valence-corrected chi connectivity index (χ0v) is 16.1. The van der Waals surface area contributed by atoms with E-state index in [-0.39, 0.29) is 28.7 Å². The van der Waals surface area contributed by atoms with Crippen molar-refractivity contribution >= 4 is 40.1 Å². The van der Waals surface area contributed by atoms with Gasteiger partial charge in [-0.2, -0.15) is 5.26 Å². The molecule has 9 heteroatoms. The highest BCUT2D eigenvalue weighted by Crippen LogP contribution is 2.31. The summed E-state index contributed by atoms with van der Waals surface area (Å²) in [6.07, 6.45) is 2.75. The highest BCUT2D eigenvalue weighted by Gasteiger charge is 2.22. The Hall–Kier alpha value is -3.12. The Morgan fingerprint density at radius 3 is 2.75 bits per heavy atom. The Morgan fingerprint density at radius 2 is 2.14 bits per heavy atom. The first-order valence-electron chi connectivity index (χ1n) is 8.37. The van der Waals surface area contributed by atoms with Crippen molar-refractivity contribution in [2.75, 3.05) is 11.5 Å². The second kappa shape index (κ2) is 9.71. The summed E-state index contributed by atoms with van der Waals surface area (Å²) in [5.41, 5.74) is -0.161. The fraction of sp³-hybridized carbons (Fsp3) is 0.263. The van der Waals surface area contributed by atoms with Gasteiger partial charge >= 0.3 is 5.97 Å². The first-order valence-corrected chi connectivity index (χ1v) is 9.25. The lowest BCUT2D eigenvalue weighted by Crippen LogP contribution is -2.23. The number of hydrogen-bond donors (Lipinski definition) is 0. The van der Waals surface area contributed by atoms with Gasteiger partial charge in [0.05, 0.1) is 18.0 Å². The smallest absolute Gasteiger partial charge is 0.348 e. The number of carbonyl (C=O) groups is 2. The lowest BCUT2D eigenvalue weighted by Gasteiger charge is -2.18. The van der Waals surface area contributed by atoms with Crippen LogP contribution in [0.5, 0.6) is 0 Å². The van der Waals surface area contributed by atoms with Gasteiger partial charge in [-0.3, -0.25) is 9.69 Å². The summed E-state index contributed by atoms with van der Waals surface area (Å²) in [5.74, 6) is -2.99. The third kappa shape index (κ3) is 5.20. The Bertz CT molecular complexity index is 950. The lowest BCUT2D eigenvalue weighted by molar-refractivity contribution is -0.138. The fourth-order valence-electron chi connectivity index (χ4n) is 2.19. The molecule has 146 valence electrons. The standard InChI is InChI=1S/C19H17F2N3O3S/c1-3-4-7-27-18(26)13(10-22)8-15-11-28-19(23-15)24(12(2)25)17-6-5-14(20)9-16(17)21/h5-6,8-9,11H,3-4,7H2,1-2H3/b13-8+. The molecule has 1 heterocycles. The molecular weight excluding hydrogens is 388 g/mol. The van der Waals surface area contributed by atoms with Crippen molar-refractivity contribution in [2.24, 2.45) is 0 Å². The molecular formula is C19H17F2N3O3S. The number of esters is 1. The predicted octanol–water partition coefficient (Wildman–Crippen LogP) is 4.36. The summed E-state index contributed by atoms with van der Waals surface area (Å²) in [7, 11) is 0. The molecule has 0 saturated carbocycles. The summed E-state index contributed by atoms with van der Waals surface area (Å²) >= 11 is 1.01. The number of nitriles is 1. The van der Waals surface area contributed by atoms with Gasteiger partial charge in [0.2, 0.25) is 5.91 Å². The molecule has 1 aromatic heterocycles. The van der Waals surface area contributed by atoms with Crippen LogP contribution in [0.15, 0.2) is 29.2 Å². The van der Waals surface area contributed by atoms with Crippen LogP contribution in [0.25, 0.3) is 6.08 Å². The summed E-state index contributed by atoms with van der Waals surface area (Å²) in [6.45, 7) is 3.36. The van der Waals surface area contributed by atoms with Gasteiger partial charge in [0.1, 0.15) is 23.3 Å². The number of anilines is 2. The van der Waals surface area contributed by atoms with Crippen LogP contribution in [0.4, 0.5) is 19.6 Å². The van der Waals surface area contributed by atoms with E-state index in [1.807, 2.05) is 6.92 Å². The average molecular weight is 405 g/mol. The lowest BCUT2D eigenvalue weighted by atomic mass is 10.2. The Kier molecular flexibility index (Phi) is 7.35. The number of rotatable bonds is 7. The highest BCUT2D eigenvalue weighted by atomic mass is 32.1. The van der Waals surface area contributed by atoms with Crippen LogP contribution in [0.2, 0.25) is 0 Å². The molecule has 0 radical (unpaired) electrons. The first kappa shape index (κ1) is 21.2. The molecule has 0 N–H and O–H groups in total. The molecule has 28 heavy (non-hydrogen) atoms. The van der Waals surface area contributed by atoms with E-state index in [4.69, 9.17) is 10.00 Å². The summed E-state index contributed by atoms with van der Waals surface area (Å²) in [4.78, 5) is 29.1. The monoisotopic (exact) mass is 405 g/mol. The highest BCUT2D eigenvalue weighted by molar-refractivity contribution is 7.14. The molecule has 2 aromatic rings. The van der Waals surface area contributed by atoms with Crippen LogP contribution in [0.1, 0.15) is 32.4 Å². The average Bonchev–Trinajstić information content (AvgIpc) is 3.09. The van der Waals surface area contributed by atoms with E-state index in [0.717, 1.165) is 34.8 Å². The van der Waals surface area contributed by atoms with E-state index in [1.165, 1.54) is 18.4 Å². The SMILES string of the molecule is CCCCOC(=O)/C(C#N)=C/c1csc(N(C(C)=O)c2ccc(F)cc2F)n1. The van der Waals surface area contributed by atoms with Gasteiger partial charge in [0.25, 0.3) is 0 Å². The molecule has 0 aliphatic carbocycles. The number of aromatic nitrogens is 1. The normalized spacial score (nSPS) is 11.0. The van der Waals surface area contributed by atoms with Gasteiger partial charge < -0.3 is 4.74 Å². The number of unbranched alkanes of at least 4 members (excludes halogenated alkanes) is 1. The van der Waals surface area contributed by atoms with Crippen molar-refractivity contribution in [3.63, 3.8) is 0 Å². The van der Waals surface area contributed by atoms with Crippen molar-refractivity contribution in [2.45, 2.75) is 26.7 Å². The molecule has 0 aliphatic rings. The van der Waals surface area contributed by atoms with Gasteiger partial charge in [0, 0.05) is 18.4 Å². The van der Waals surface area contributed by atoms with E-state index in [0.29, 0.717) is 12.5 Å². The van der Waals surface area contributed by atoms with Gasteiger partial charge in [-0.15, -0.1) is 11.3 Å². The molecule has 6 nitrogen and oxygen atoms in total. The van der Waals surface area contributed by atoms with Crippen LogP contribution in [0.3, 0.4) is 0 Å². The minimum absolute atomic E-state index is 0.112. The minimum Gasteiger partial charge on any atom is -0.462 e. The van der Waals surface area contributed by atoms with Crippen LogP contribution >= 0.6 is 11.3 Å². The van der Waals surface area contributed by atoms with E-state index in [1.54, 1.807) is 6.07 Å². The van der Waals surface area contributed by atoms with Crippen molar-refractivity contribution in [3.8, 4) is 6.07 Å². The van der Waals surface area contributed by atoms with Gasteiger partial charge in [-0.1, -0.05) is 13.3 Å². The maximum Gasteiger partial charge on any atom is 0.348 e. The number of carbonyl (C=O) groups excluding carboxylic acids is 2. The van der Waals surface area contributed by atoms with Gasteiger partial charge in [-0.05, 0) is 24.6 Å². The maximum atomic E-state index is 14.1. The third-order valence-corrected chi connectivity index (χ3v) is 4.37. The van der Waals surface area contributed by atoms with Crippen LogP contribution in [-0.4, -0.2) is 23.5 Å². The number of ether oxygens (including phenoxy) is 1.